The lowest BCUT2D eigenvalue weighted by atomic mass is 10.0. The molecule has 0 saturated heterocycles. The van der Waals surface area contributed by atoms with Crippen molar-refractivity contribution in [2.75, 3.05) is 6.61 Å². The summed E-state index contributed by atoms with van der Waals surface area (Å²) >= 11 is 9.51. The Balaban J connectivity index is 2.28. The van der Waals surface area contributed by atoms with Crippen LogP contribution in [0.1, 0.15) is 30.6 Å². The molecule has 0 amide bonds. The molecule has 1 aromatic carbocycles. The second-order valence-electron chi connectivity index (χ2n) is 4.37. The average Bonchev–Trinajstić information content (AvgIpc) is 2.47. The standard InChI is InChI=1S/C15H15BrClNO2/c1-2-5-20-12-6-10(8-18-9-12)15(19)13-7-11(16)3-4-14(13)17/h3-4,6-9,15,19H,2,5H2,1H3. The molecular formula is C15H15BrClNO2. The van der Waals surface area contributed by atoms with Crippen molar-refractivity contribution in [3.05, 3.63) is 57.3 Å². The summed E-state index contributed by atoms with van der Waals surface area (Å²) in [5.74, 6) is 0.648. The van der Waals surface area contributed by atoms with Gasteiger partial charge in [-0.05, 0) is 30.7 Å². The van der Waals surface area contributed by atoms with Crippen molar-refractivity contribution >= 4 is 27.5 Å². The molecule has 0 aliphatic heterocycles. The third kappa shape index (κ3) is 3.72. The van der Waals surface area contributed by atoms with Crippen LogP contribution in [0.2, 0.25) is 5.02 Å². The molecule has 2 rings (SSSR count). The summed E-state index contributed by atoms with van der Waals surface area (Å²) in [7, 11) is 0. The summed E-state index contributed by atoms with van der Waals surface area (Å²) in [5, 5.41) is 11.0. The molecule has 0 radical (unpaired) electrons. The van der Waals surface area contributed by atoms with Crippen molar-refractivity contribution in [3.63, 3.8) is 0 Å². The van der Waals surface area contributed by atoms with Gasteiger partial charge < -0.3 is 9.84 Å². The van der Waals surface area contributed by atoms with Crippen molar-refractivity contribution in [1.29, 1.82) is 0 Å². The van der Waals surface area contributed by atoms with E-state index in [0.717, 1.165) is 10.9 Å². The van der Waals surface area contributed by atoms with E-state index in [9.17, 15) is 5.11 Å². The first-order valence-corrected chi connectivity index (χ1v) is 7.49. The summed E-state index contributed by atoms with van der Waals surface area (Å²) in [6.45, 7) is 2.66. The minimum absolute atomic E-state index is 0.514. The maximum atomic E-state index is 10.4. The predicted octanol–water partition coefficient (Wildman–Crippen LogP) is 4.37. The molecule has 0 aliphatic rings. The SMILES string of the molecule is CCCOc1cncc(C(O)c2cc(Br)ccc2Cl)c1. The minimum atomic E-state index is -0.835. The number of nitrogens with zero attached hydrogens (tertiary/aromatic N) is 1. The van der Waals surface area contributed by atoms with Gasteiger partial charge in [0, 0.05) is 26.8 Å². The van der Waals surface area contributed by atoms with Crippen LogP contribution in [0.4, 0.5) is 0 Å². The Labute approximate surface area is 131 Å². The minimum Gasteiger partial charge on any atom is -0.492 e. The van der Waals surface area contributed by atoms with Gasteiger partial charge in [-0.3, -0.25) is 4.98 Å². The molecule has 2 aromatic rings. The van der Waals surface area contributed by atoms with Crippen LogP contribution >= 0.6 is 27.5 Å². The van der Waals surface area contributed by atoms with Gasteiger partial charge in [0.15, 0.2) is 0 Å². The van der Waals surface area contributed by atoms with E-state index in [-0.39, 0.29) is 0 Å². The maximum absolute atomic E-state index is 10.4. The van der Waals surface area contributed by atoms with Gasteiger partial charge in [-0.2, -0.15) is 0 Å². The van der Waals surface area contributed by atoms with Gasteiger partial charge in [-0.1, -0.05) is 34.5 Å². The van der Waals surface area contributed by atoms with Gasteiger partial charge in [-0.15, -0.1) is 0 Å². The van der Waals surface area contributed by atoms with E-state index in [1.165, 1.54) is 0 Å². The van der Waals surface area contributed by atoms with Gasteiger partial charge in [-0.25, -0.2) is 0 Å². The summed E-state index contributed by atoms with van der Waals surface area (Å²) < 4.78 is 6.38. The number of halogens is 2. The van der Waals surface area contributed by atoms with Crippen LogP contribution in [0.3, 0.4) is 0 Å². The zero-order chi connectivity index (χ0) is 14.5. The molecule has 1 unspecified atom stereocenters. The van der Waals surface area contributed by atoms with Gasteiger partial charge in [0.05, 0.1) is 12.8 Å². The first-order chi connectivity index (χ1) is 9.61. The lowest BCUT2D eigenvalue weighted by Gasteiger charge is -2.14. The Morgan fingerprint density at radius 1 is 1.35 bits per heavy atom. The molecule has 1 atom stereocenters. The molecular weight excluding hydrogens is 342 g/mol. The maximum Gasteiger partial charge on any atom is 0.137 e. The summed E-state index contributed by atoms with van der Waals surface area (Å²) in [5.41, 5.74) is 1.29. The van der Waals surface area contributed by atoms with Gasteiger partial charge >= 0.3 is 0 Å². The van der Waals surface area contributed by atoms with Crippen molar-refractivity contribution < 1.29 is 9.84 Å². The fraction of sp³-hybridized carbons (Fsp3) is 0.267. The normalized spacial score (nSPS) is 12.2. The van der Waals surface area contributed by atoms with Crippen molar-refractivity contribution in [1.82, 2.24) is 4.98 Å². The first-order valence-electron chi connectivity index (χ1n) is 6.32. The molecule has 1 aromatic heterocycles. The number of hydrogen-bond donors (Lipinski definition) is 1. The van der Waals surface area contributed by atoms with Crippen LogP contribution < -0.4 is 4.74 Å². The Kier molecular flexibility index (Phi) is 5.40. The van der Waals surface area contributed by atoms with Crippen LogP contribution in [-0.4, -0.2) is 16.7 Å². The van der Waals surface area contributed by atoms with Crippen LogP contribution in [0.25, 0.3) is 0 Å². The fourth-order valence-electron chi connectivity index (χ4n) is 1.79. The Hall–Kier alpha value is -1.10. The number of hydrogen-bond acceptors (Lipinski definition) is 3. The largest absolute Gasteiger partial charge is 0.492 e. The number of rotatable bonds is 5. The summed E-state index contributed by atoms with van der Waals surface area (Å²) in [6, 6.07) is 7.16. The molecule has 20 heavy (non-hydrogen) atoms. The second-order valence-corrected chi connectivity index (χ2v) is 5.69. The molecule has 0 fully saturated rings. The third-order valence-electron chi connectivity index (χ3n) is 2.78. The molecule has 1 N–H and O–H groups in total. The fourth-order valence-corrected chi connectivity index (χ4v) is 2.39. The zero-order valence-electron chi connectivity index (χ0n) is 11.0. The topological polar surface area (TPSA) is 42.4 Å². The highest BCUT2D eigenvalue weighted by Crippen LogP contribution is 2.31. The van der Waals surface area contributed by atoms with Crippen molar-refractivity contribution in [2.45, 2.75) is 19.4 Å². The lowest BCUT2D eigenvalue weighted by Crippen LogP contribution is -2.03. The monoisotopic (exact) mass is 355 g/mol. The molecule has 0 bridgehead atoms. The van der Waals surface area contributed by atoms with Crippen molar-refractivity contribution in [2.24, 2.45) is 0 Å². The Bertz CT molecular complexity index is 592. The molecule has 106 valence electrons. The Morgan fingerprint density at radius 2 is 2.15 bits per heavy atom. The van der Waals surface area contributed by atoms with Gasteiger partial charge in [0.2, 0.25) is 0 Å². The lowest BCUT2D eigenvalue weighted by molar-refractivity contribution is 0.219. The number of aliphatic hydroxyl groups is 1. The van der Waals surface area contributed by atoms with E-state index >= 15 is 0 Å². The quantitative estimate of drug-likeness (QED) is 0.865. The van der Waals surface area contributed by atoms with Crippen LogP contribution in [0.5, 0.6) is 5.75 Å². The van der Waals surface area contributed by atoms with Crippen LogP contribution in [0.15, 0.2) is 41.1 Å². The number of pyridine rings is 1. The smallest absolute Gasteiger partial charge is 0.137 e. The highest BCUT2D eigenvalue weighted by atomic mass is 79.9. The third-order valence-corrected chi connectivity index (χ3v) is 3.61. The highest BCUT2D eigenvalue weighted by molar-refractivity contribution is 9.10. The number of aromatic nitrogens is 1. The molecule has 0 spiro atoms. The molecule has 3 nitrogen and oxygen atoms in total. The van der Waals surface area contributed by atoms with E-state index in [1.54, 1.807) is 30.6 Å². The zero-order valence-corrected chi connectivity index (χ0v) is 13.4. The van der Waals surface area contributed by atoms with E-state index < -0.39 is 6.10 Å². The number of aliphatic hydroxyl groups excluding tert-OH is 1. The average molecular weight is 357 g/mol. The van der Waals surface area contributed by atoms with Gasteiger partial charge in [0.25, 0.3) is 0 Å². The molecule has 0 saturated carbocycles. The molecule has 0 aliphatic carbocycles. The van der Waals surface area contributed by atoms with Crippen molar-refractivity contribution in [3.8, 4) is 5.75 Å². The molecule has 5 heteroatoms. The van der Waals surface area contributed by atoms with E-state index in [2.05, 4.69) is 20.9 Å². The predicted molar refractivity (Wildman–Crippen MR) is 83.2 cm³/mol. The summed E-state index contributed by atoms with van der Waals surface area (Å²) in [4.78, 5) is 4.10. The number of ether oxygens (including phenoxy) is 1. The number of benzene rings is 1. The Morgan fingerprint density at radius 3 is 2.90 bits per heavy atom. The second kappa shape index (κ2) is 7.07. The summed E-state index contributed by atoms with van der Waals surface area (Å²) in [6.07, 6.45) is 3.33. The molecule has 1 heterocycles. The van der Waals surface area contributed by atoms with E-state index in [1.807, 2.05) is 13.0 Å². The first kappa shape index (κ1) is 15.3. The van der Waals surface area contributed by atoms with E-state index in [4.69, 9.17) is 16.3 Å². The highest BCUT2D eigenvalue weighted by Gasteiger charge is 2.15. The van der Waals surface area contributed by atoms with Crippen LogP contribution in [-0.2, 0) is 0 Å². The van der Waals surface area contributed by atoms with Gasteiger partial charge in [0.1, 0.15) is 11.9 Å². The van der Waals surface area contributed by atoms with E-state index in [0.29, 0.717) is 28.5 Å². The van der Waals surface area contributed by atoms with Crippen LogP contribution in [0, 0.1) is 0 Å².